The molecule has 0 aliphatic carbocycles. The maximum Gasteiger partial charge on any atom is 0.138 e. The van der Waals surface area contributed by atoms with Crippen LogP contribution in [-0.4, -0.2) is 0 Å². The molecule has 0 saturated heterocycles. The molecule has 5 heteroatoms. The molecule has 2 aromatic carbocycles. The molecule has 0 spiro atoms. The average molecular weight is 330 g/mol. The standard InChI is InChI=1S/C13H10BrF2NS/c14-9-1-3-11(15)8(5-9)7-18-13-4-2-10(17)6-12(13)16/h1-6H,7,17H2. The third-order valence-corrected chi connectivity index (χ3v) is 3.94. The molecule has 2 rings (SSSR count). The van der Waals surface area contributed by atoms with Crippen LogP contribution in [0.1, 0.15) is 5.56 Å². The van der Waals surface area contributed by atoms with Gasteiger partial charge in [0.15, 0.2) is 0 Å². The van der Waals surface area contributed by atoms with E-state index in [4.69, 9.17) is 5.73 Å². The van der Waals surface area contributed by atoms with Crippen molar-refractivity contribution in [2.45, 2.75) is 10.6 Å². The second-order valence-corrected chi connectivity index (χ2v) is 5.65. The topological polar surface area (TPSA) is 26.0 Å². The summed E-state index contributed by atoms with van der Waals surface area (Å²) in [5.41, 5.74) is 6.38. The molecule has 0 aromatic heterocycles. The predicted molar refractivity (Wildman–Crippen MR) is 74.5 cm³/mol. The van der Waals surface area contributed by atoms with Gasteiger partial charge in [0.1, 0.15) is 11.6 Å². The van der Waals surface area contributed by atoms with Crippen molar-refractivity contribution in [1.29, 1.82) is 0 Å². The van der Waals surface area contributed by atoms with Crippen molar-refractivity contribution in [2.75, 3.05) is 5.73 Å². The summed E-state index contributed by atoms with van der Waals surface area (Å²) in [6, 6.07) is 9.21. The van der Waals surface area contributed by atoms with Crippen molar-refractivity contribution >= 4 is 33.4 Å². The summed E-state index contributed by atoms with van der Waals surface area (Å²) in [6.45, 7) is 0. The van der Waals surface area contributed by atoms with Gasteiger partial charge in [-0.15, -0.1) is 11.8 Å². The number of hydrogen-bond donors (Lipinski definition) is 1. The highest BCUT2D eigenvalue weighted by Crippen LogP contribution is 2.28. The van der Waals surface area contributed by atoms with E-state index in [9.17, 15) is 8.78 Å². The number of benzene rings is 2. The fourth-order valence-electron chi connectivity index (χ4n) is 1.44. The molecule has 0 radical (unpaired) electrons. The van der Waals surface area contributed by atoms with Gasteiger partial charge in [0, 0.05) is 20.8 Å². The van der Waals surface area contributed by atoms with E-state index in [0.29, 0.717) is 21.9 Å². The van der Waals surface area contributed by atoms with E-state index >= 15 is 0 Å². The average Bonchev–Trinajstić information content (AvgIpc) is 2.32. The van der Waals surface area contributed by atoms with Crippen molar-refractivity contribution in [2.24, 2.45) is 0 Å². The molecule has 0 atom stereocenters. The second-order valence-electron chi connectivity index (χ2n) is 3.71. The molecule has 0 amide bonds. The highest BCUT2D eigenvalue weighted by molar-refractivity contribution is 9.10. The van der Waals surface area contributed by atoms with Crippen molar-refractivity contribution in [3.63, 3.8) is 0 Å². The molecule has 94 valence electrons. The summed E-state index contributed by atoms with van der Waals surface area (Å²) >= 11 is 4.52. The fourth-order valence-corrected chi connectivity index (χ4v) is 2.75. The Hall–Kier alpha value is -1.07. The fraction of sp³-hybridized carbons (Fsp3) is 0.0769. The van der Waals surface area contributed by atoms with Gasteiger partial charge in [-0.05, 0) is 42.0 Å². The summed E-state index contributed by atoms with van der Waals surface area (Å²) in [5, 5.41) is 0. The van der Waals surface area contributed by atoms with Crippen LogP contribution in [0.2, 0.25) is 0 Å². The van der Waals surface area contributed by atoms with Crippen LogP contribution in [0.4, 0.5) is 14.5 Å². The third-order valence-electron chi connectivity index (χ3n) is 2.35. The highest BCUT2D eigenvalue weighted by atomic mass is 79.9. The summed E-state index contributed by atoms with van der Waals surface area (Å²) in [4.78, 5) is 0.462. The molecule has 0 bridgehead atoms. The maximum absolute atomic E-state index is 13.5. The zero-order valence-electron chi connectivity index (χ0n) is 9.29. The lowest BCUT2D eigenvalue weighted by atomic mass is 10.2. The molecule has 0 aliphatic heterocycles. The van der Waals surface area contributed by atoms with Crippen molar-refractivity contribution in [3.05, 3.63) is 58.1 Å². The molecule has 0 fully saturated rings. The number of anilines is 1. The van der Waals surface area contributed by atoms with Crippen LogP contribution in [0, 0.1) is 11.6 Å². The summed E-state index contributed by atoms with van der Waals surface area (Å²) < 4.78 is 27.8. The van der Waals surface area contributed by atoms with Crippen LogP contribution in [0.25, 0.3) is 0 Å². The summed E-state index contributed by atoms with van der Waals surface area (Å²) in [6.07, 6.45) is 0. The van der Waals surface area contributed by atoms with Crippen LogP contribution in [0.15, 0.2) is 45.8 Å². The SMILES string of the molecule is Nc1ccc(SCc2cc(Br)ccc2F)c(F)c1. The molecule has 0 unspecified atom stereocenters. The van der Waals surface area contributed by atoms with Gasteiger partial charge in [-0.1, -0.05) is 15.9 Å². The second kappa shape index (κ2) is 5.71. The minimum Gasteiger partial charge on any atom is -0.399 e. The number of nitrogen functional groups attached to an aromatic ring is 1. The normalized spacial score (nSPS) is 10.6. The van der Waals surface area contributed by atoms with Gasteiger partial charge in [0.25, 0.3) is 0 Å². The zero-order valence-corrected chi connectivity index (χ0v) is 11.7. The van der Waals surface area contributed by atoms with Gasteiger partial charge in [-0.2, -0.15) is 0 Å². The summed E-state index contributed by atoms with van der Waals surface area (Å²) in [5.74, 6) is -0.302. The number of thioether (sulfide) groups is 1. The minimum atomic E-state index is -0.379. The number of nitrogens with two attached hydrogens (primary N) is 1. The predicted octanol–water partition coefficient (Wildman–Crippen LogP) is 4.60. The van der Waals surface area contributed by atoms with Gasteiger partial charge in [-0.3, -0.25) is 0 Å². The Labute approximate surface area is 117 Å². The van der Waals surface area contributed by atoms with Crippen LogP contribution < -0.4 is 5.73 Å². The first-order chi connectivity index (χ1) is 8.56. The van der Waals surface area contributed by atoms with Crippen LogP contribution in [-0.2, 0) is 5.75 Å². The molecule has 0 heterocycles. The van der Waals surface area contributed by atoms with E-state index in [2.05, 4.69) is 15.9 Å². The number of rotatable bonds is 3. The Balaban J connectivity index is 2.13. The first-order valence-electron chi connectivity index (χ1n) is 5.18. The number of halogens is 3. The Bertz CT molecular complexity index is 575. The quantitative estimate of drug-likeness (QED) is 0.657. The lowest BCUT2D eigenvalue weighted by molar-refractivity contribution is 0.602. The maximum atomic E-state index is 13.5. The van der Waals surface area contributed by atoms with Crippen LogP contribution in [0.3, 0.4) is 0 Å². The molecular formula is C13H10BrF2NS. The van der Waals surface area contributed by atoms with Gasteiger partial charge in [0.05, 0.1) is 0 Å². The third kappa shape index (κ3) is 3.23. The molecule has 18 heavy (non-hydrogen) atoms. The van der Waals surface area contributed by atoms with Crippen LogP contribution >= 0.6 is 27.7 Å². The lowest BCUT2D eigenvalue weighted by Crippen LogP contribution is -1.90. The first-order valence-corrected chi connectivity index (χ1v) is 6.96. The van der Waals surface area contributed by atoms with Crippen molar-refractivity contribution in [1.82, 2.24) is 0 Å². The van der Waals surface area contributed by atoms with Gasteiger partial charge < -0.3 is 5.73 Å². The Morgan fingerprint density at radius 2 is 1.83 bits per heavy atom. The van der Waals surface area contributed by atoms with Crippen molar-refractivity contribution in [3.8, 4) is 0 Å². The van der Waals surface area contributed by atoms with E-state index in [-0.39, 0.29) is 11.6 Å². The van der Waals surface area contributed by atoms with Crippen molar-refractivity contribution < 1.29 is 8.78 Å². The zero-order chi connectivity index (χ0) is 13.1. The van der Waals surface area contributed by atoms with E-state index in [0.717, 1.165) is 4.47 Å². The Kier molecular flexibility index (Phi) is 4.24. The smallest absolute Gasteiger partial charge is 0.138 e. The minimum absolute atomic E-state index is 0.290. The Morgan fingerprint density at radius 3 is 2.56 bits per heavy atom. The molecule has 2 N–H and O–H groups in total. The lowest BCUT2D eigenvalue weighted by Gasteiger charge is -2.06. The van der Waals surface area contributed by atoms with E-state index in [1.807, 2.05) is 0 Å². The van der Waals surface area contributed by atoms with Gasteiger partial charge >= 0.3 is 0 Å². The molecule has 0 aliphatic rings. The van der Waals surface area contributed by atoms with Crippen LogP contribution in [0.5, 0.6) is 0 Å². The molecule has 1 nitrogen and oxygen atoms in total. The Morgan fingerprint density at radius 1 is 1.06 bits per heavy atom. The first kappa shape index (κ1) is 13.4. The van der Waals surface area contributed by atoms with Gasteiger partial charge in [0.2, 0.25) is 0 Å². The molecule has 2 aromatic rings. The largest absolute Gasteiger partial charge is 0.399 e. The molecule has 0 saturated carbocycles. The van der Waals surface area contributed by atoms with E-state index in [1.165, 1.54) is 23.9 Å². The van der Waals surface area contributed by atoms with E-state index in [1.54, 1.807) is 24.3 Å². The molecular weight excluding hydrogens is 320 g/mol. The van der Waals surface area contributed by atoms with Gasteiger partial charge in [-0.25, -0.2) is 8.78 Å². The summed E-state index contributed by atoms with van der Waals surface area (Å²) in [7, 11) is 0. The van der Waals surface area contributed by atoms with E-state index < -0.39 is 0 Å². The highest BCUT2D eigenvalue weighted by Gasteiger charge is 2.07. The monoisotopic (exact) mass is 329 g/mol. The number of hydrogen-bond acceptors (Lipinski definition) is 2.